The number of hydrogen-bond donors (Lipinski definition) is 3. The average Bonchev–Trinajstić information content (AvgIpc) is 2.86. The van der Waals surface area contributed by atoms with Crippen molar-refractivity contribution in [2.24, 2.45) is 0 Å². The van der Waals surface area contributed by atoms with Gasteiger partial charge in [-0.2, -0.15) is 0 Å². The molecular formula is C15H16N2O7. The smallest absolute Gasteiger partial charge is 0.334 e. The van der Waals surface area contributed by atoms with Crippen LogP contribution < -0.4 is 16.0 Å². The van der Waals surface area contributed by atoms with Gasteiger partial charge in [-0.25, -0.2) is 9.36 Å². The zero-order chi connectivity index (χ0) is 17.9. The molecule has 9 heteroatoms. The first-order chi connectivity index (χ1) is 11.5. The lowest BCUT2D eigenvalue weighted by Crippen LogP contribution is -2.43. The Balaban J connectivity index is 2.56. The van der Waals surface area contributed by atoms with Crippen molar-refractivity contribution in [3.8, 4) is 30.4 Å². The van der Waals surface area contributed by atoms with E-state index in [0.717, 1.165) is 10.8 Å². The second kappa shape index (κ2) is 7.34. The summed E-state index contributed by atoms with van der Waals surface area (Å²) in [6.07, 6.45) is 5.94. The third-order valence-corrected chi connectivity index (χ3v) is 3.52. The molecule has 1 aliphatic heterocycles. The Bertz CT molecular complexity index is 798. The molecule has 1 saturated heterocycles. The van der Waals surface area contributed by atoms with Gasteiger partial charge in [0, 0.05) is 0 Å². The number of hydrogen-bond acceptors (Lipinski definition) is 7. The van der Waals surface area contributed by atoms with Gasteiger partial charge >= 0.3 is 5.69 Å². The lowest BCUT2D eigenvalue weighted by atomic mass is 10.1. The van der Waals surface area contributed by atoms with Crippen molar-refractivity contribution in [1.82, 2.24) is 9.13 Å². The molecule has 0 spiro atoms. The van der Waals surface area contributed by atoms with Crippen LogP contribution in [0.2, 0.25) is 0 Å². The number of aliphatic hydroxyl groups is 3. The molecule has 1 aromatic heterocycles. The van der Waals surface area contributed by atoms with E-state index in [-0.39, 0.29) is 18.9 Å². The molecule has 4 atom stereocenters. The zero-order valence-corrected chi connectivity index (χ0v) is 12.5. The number of aromatic nitrogens is 2. The van der Waals surface area contributed by atoms with Crippen molar-refractivity contribution < 1.29 is 24.8 Å². The minimum atomic E-state index is -1.50. The lowest BCUT2D eigenvalue weighted by molar-refractivity contribution is -0.0558. The Morgan fingerprint density at radius 2 is 1.96 bits per heavy atom. The van der Waals surface area contributed by atoms with E-state index in [9.17, 15) is 19.8 Å². The Morgan fingerprint density at radius 1 is 1.25 bits per heavy atom. The van der Waals surface area contributed by atoms with Crippen molar-refractivity contribution in [2.75, 3.05) is 13.2 Å². The maximum atomic E-state index is 12.4. The van der Waals surface area contributed by atoms with E-state index in [0.29, 0.717) is 4.57 Å². The average molecular weight is 336 g/mol. The SMILES string of the molecule is C#CCOc1cn(C2OC(CO)C(O)C2O)c(=O)n(CC#C)c1=O. The highest BCUT2D eigenvalue weighted by atomic mass is 16.6. The van der Waals surface area contributed by atoms with Crippen molar-refractivity contribution >= 4 is 0 Å². The van der Waals surface area contributed by atoms with Gasteiger partial charge in [-0.1, -0.05) is 11.8 Å². The van der Waals surface area contributed by atoms with Crippen LogP contribution >= 0.6 is 0 Å². The van der Waals surface area contributed by atoms with Crippen LogP contribution in [0.4, 0.5) is 0 Å². The molecule has 9 nitrogen and oxygen atoms in total. The van der Waals surface area contributed by atoms with E-state index >= 15 is 0 Å². The van der Waals surface area contributed by atoms with Gasteiger partial charge in [-0.3, -0.25) is 9.36 Å². The first-order valence-electron chi connectivity index (χ1n) is 6.94. The van der Waals surface area contributed by atoms with E-state index in [1.54, 1.807) is 0 Å². The van der Waals surface area contributed by atoms with Crippen molar-refractivity contribution in [2.45, 2.75) is 31.1 Å². The Labute approximate surface area is 136 Å². The van der Waals surface area contributed by atoms with Crippen LogP contribution in [0, 0.1) is 24.7 Å². The van der Waals surface area contributed by atoms with Gasteiger partial charge in [-0.15, -0.1) is 12.8 Å². The van der Waals surface area contributed by atoms with Crippen LogP contribution in [-0.2, 0) is 11.3 Å². The molecule has 24 heavy (non-hydrogen) atoms. The van der Waals surface area contributed by atoms with Crippen LogP contribution in [0.1, 0.15) is 6.23 Å². The summed E-state index contributed by atoms with van der Waals surface area (Å²) < 4.78 is 12.0. The summed E-state index contributed by atoms with van der Waals surface area (Å²) in [6.45, 7) is -1.12. The fourth-order valence-electron chi connectivity index (χ4n) is 2.34. The fourth-order valence-corrected chi connectivity index (χ4v) is 2.34. The van der Waals surface area contributed by atoms with Gasteiger partial charge in [0.2, 0.25) is 5.75 Å². The summed E-state index contributed by atoms with van der Waals surface area (Å²) >= 11 is 0. The van der Waals surface area contributed by atoms with Crippen molar-refractivity contribution in [3.05, 3.63) is 27.0 Å². The van der Waals surface area contributed by atoms with Crippen LogP contribution in [0.3, 0.4) is 0 Å². The van der Waals surface area contributed by atoms with E-state index in [1.807, 2.05) is 0 Å². The zero-order valence-electron chi connectivity index (χ0n) is 12.5. The predicted molar refractivity (Wildman–Crippen MR) is 81.1 cm³/mol. The summed E-state index contributed by atoms with van der Waals surface area (Å²) in [5.41, 5.74) is -1.64. The minimum Gasteiger partial charge on any atom is -0.474 e. The summed E-state index contributed by atoms with van der Waals surface area (Å²) in [7, 11) is 0. The van der Waals surface area contributed by atoms with Gasteiger partial charge in [0.05, 0.1) is 19.3 Å². The molecule has 0 radical (unpaired) electrons. The second-order valence-corrected chi connectivity index (χ2v) is 5.00. The lowest BCUT2D eigenvalue weighted by Gasteiger charge is -2.19. The van der Waals surface area contributed by atoms with Crippen LogP contribution in [-0.4, -0.2) is 56.0 Å². The topological polar surface area (TPSA) is 123 Å². The highest BCUT2D eigenvalue weighted by Crippen LogP contribution is 2.28. The summed E-state index contributed by atoms with van der Waals surface area (Å²) in [5, 5.41) is 29.0. The van der Waals surface area contributed by atoms with E-state index in [4.69, 9.17) is 27.4 Å². The van der Waals surface area contributed by atoms with E-state index in [2.05, 4.69) is 11.8 Å². The van der Waals surface area contributed by atoms with Crippen LogP contribution in [0.5, 0.6) is 5.75 Å². The normalized spacial score (nSPS) is 25.9. The molecule has 1 aliphatic rings. The number of ether oxygens (including phenoxy) is 2. The second-order valence-electron chi connectivity index (χ2n) is 5.00. The minimum absolute atomic E-state index is 0.223. The molecule has 2 heterocycles. The van der Waals surface area contributed by atoms with Crippen molar-refractivity contribution in [3.63, 3.8) is 0 Å². The van der Waals surface area contributed by atoms with Crippen molar-refractivity contribution in [1.29, 1.82) is 0 Å². The molecule has 3 N–H and O–H groups in total. The van der Waals surface area contributed by atoms with Gasteiger partial charge in [0.25, 0.3) is 5.56 Å². The Morgan fingerprint density at radius 3 is 2.50 bits per heavy atom. The maximum absolute atomic E-state index is 12.4. The van der Waals surface area contributed by atoms with Gasteiger partial charge in [-0.05, 0) is 0 Å². The first-order valence-corrected chi connectivity index (χ1v) is 6.94. The monoisotopic (exact) mass is 336 g/mol. The molecule has 0 aromatic carbocycles. The highest BCUT2D eigenvalue weighted by Gasteiger charge is 2.44. The Hall–Kier alpha value is -2.56. The molecule has 0 saturated carbocycles. The third-order valence-electron chi connectivity index (χ3n) is 3.52. The predicted octanol–water partition coefficient (Wildman–Crippen LogP) is -2.73. The largest absolute Gasteiger partial charge is 0.474 e. The molecule has 0 bridgehead atoms. The van der Waals surface area contributed by atoms with Gasteiger partial charge < -0.3 is 24.8 Å². The number of nitrogens with zero attached hydrogens (tertiary/aromatic N) is 2. The molecule has 4 unspecified atom stereocenters. The summed E-state index contributed by atoms with van der Waals surface area (Å²) in [4.78, 5) is 24.6. The standard InChI is InChI=1S/C15H16N2O7/c1-3-5-16-13(21)9(23-6-4-2)7-17(15(16)22)14-12(20)11(19)10(8-18)24-14/h1-2,7,10-12,14,18-20H,5-6,8H2. The molecule has 1 aromatic rings. The van der Waals surface area contributed by atoms with E-state index in [1.165, 1.54) is 0 Å². The summed E-state index contributed by atoms with van der Waals surface area (Å²) in [5.74, 6) is 4.08. The molecule has 0 amide bonds. The van der Waals surface area contributed by atoms with E-state index < -0.39 is 42.4 Å². The Kier molecular flexibility index (Phi) is 5.44. The van der Waals surface area contributed by atoms with Gasteiger partial charge in [0.15, 0.2) is 6.23 Å². The number of terminal acetylenes is 2. The maximum Gasteiger partial charge on any atom is 0.334 e. The first kappa shape index (κ1) is 17.8. The molecular weight excluding hydrogens is 320 g/mol. The molecule has 0 aliphatic carbocycles. The van der Waals surface area contributed by atoms with Crippen LogP contribution in [0.25, 0.3) is 0 Å². The summed E-state index contributed by atoms with van der Waals surface area (Å²) in [6, 6.07) is 0. The molecule has 128 valence electrons. The number of aliphatic hydroxyl groups excluding tert-OH is 3. The quantitative estimate of drug-likeness (QED) is 0.499. The molecule has 2 rings (SSSR count). The highest BCUT2D eigenvalue weighted by molar-refractivity contribution is 5.16. The van der Waals surface area contributed by atoms with Gasteiger partial charge in [0.1, 0.15) is 24.9 Å². The number of rotatable bonds is 5. The fraction of sp³-hybridized carbons (Fsp3) is 0.467. The van der Waals surface area contributed by atoms with Crippen LogP contribution in [0.15, 0.2) is 15.8 Å². The third kappa shape index (κ3) is 3.07. The molecule has 1 fully saturated rings.